The van der Waals surface area contributed by atoms with Crippen LogP contribution in [0.4, 0.5) is 5.69 Å². The highest BCUT2D eigenvalue weighted by molar-refractivity contribution is 9.10. The second kappa shape index (κ2) is 8.04. The summed E-state index contributed by atoms with van der Waals surface area (Å²) in [4.78, 5) is 23.3. The van der Waals surface area contributed by atoms with Gasteiger partial charge in [0, 0.05) is 16.7 Å². The van der Waals surface area contributed by atoms with Crippen molar-refractivity contribution in [2.45, 2.75) is 33.6 Å². The van der Waals surface area contributed by atoms with Gasteiger partial charge >= 0.3 is 0 Å². The van der Waals surface area contributed by atoms with Gasteiger partial charge in [0.25, 0.3) is 0 Å². The summed E-state index contributed by atoms with van der Waals surface area (Å²) in [6.45, 7) is 6.76. The molecule has 0 aliphatic carbocycles. The van der Waals surface area contributed by atoms with E-state index < -0.39 is 0 Å². The number of halogens is 1. The Morgan fingerprint density at radius 1 is 1.25 bits per heavy atom. The van der Waals surface area contributed by atoms with Crippen LogP contribution >= 0.6 is 15.9 Å². The lowest BCUT2D eigenvalue weighted by atomic mass is 10.1. The zero-order valence-electron chi connectivity index (χ0n) is 12.1. The number of rotatable bonds is 6. The number of hydrogen-bond acceptors (Lipinski definition) is 2. The van der Waals surface area contributed by atoms with Crippen LogP contribution in [0.3, 0.4) is 0 Å². The minimum atomic E-state index is -0.303. The predicted molar refractivity (Wildman–Crippen MR) is 84.6 cm³/mol. The smallest absolute Gasteiger partial charge is 0.233 e. The van der Waals surface area contributed by atoms with Crippen molar-refractivity contribution in [3.05, 3.63) is 28.2 Å². The van der Waals surface area contributed by atoms with Crippen LogP contribution in [0.25, 0.3) is 0 Å². The number of amides is 2. The summed E-state index contributed by atoms with van der Waals surface area (Å²) in [6.07, 6.45) is 0.766. The molecule has 0 heterocycles. The highest BCUT2D eigenvalue weighted by Crippen LogP contribution is 2.20. The number of anilines is 1. The minimum absolute atomic E-state index is 0.149. The van der Waals surface area contributed by atoms with Gasteiger partial charge in [0.2, 0.25) is 11.8 Å². The van der Waals surface area contributed by atoms with Gasteiger partial charge in [0.15, 0.2) is 0 Å². The van der Waals surface area contributed by atoms with Crippen molar-refractivity contribution in [1.82, 2.24) is 5.32 Å². The van der Waals surface area contributed by atoms with Crippen molar-refractivity contribution in [2.75, 3.05) is 11.9 Å². The third-order valence-electron chi connectivity index (χ3n) is 2.82. The molecule has 0 aromatic heterocycles. The van der Waals surface area contributed by atoms with E-state index in [1.54, 1.807) is 0 Å². The molecule has 0 saturated carbocycles. The maximum atomic E-state index is 11.7. The first-order chi connectivity index (χ1) is 9.38. The van der Waals surface area contributed by atoms with Gasteiger partial charge < -0.3 is 10.6 Å². The van der Waals surface area contributed by atoms with Gasteiger partial charge in [-0.1, -0.05) is 35.8 Å². The topological polar surface area (TPSA) is 58.2 Å². The third-order valence-corrected chi connectivity index (χ3v) is 3.67. The number of hydrogen-bond donors (Lipinski definition) is 2. The van der Waals surface area contributed by atoms with E-state index in [2.05, 4.69) is 40.4 Å². The molecule has 0 spiro atoms. The number of aryl methyl sites for hydroxylation is 1. The van der Waals surface area contributed by atoms with E-state index in [0.717, 1.165) is 16.5 Å². The lowest BCUT2D eigenvalue weighted by molar-refractivity contribution is -0.126. The SMILES string of the molecule is Cc1ccc(NC(=O)CC(=O)NCCC(C)C)cc1Br. The molecule has 20 heavy (non-hydrogen) atoms. The van der Waals surface area contributed by atoms with Crippen LogP contribution in [-0.2, 0) is 9.59 Å². The third kappa shape index (κ3) is 6.19. The average molecular weight is 341 g/mol. The van der Waals surface area contributed by atoms with Gasteiger partial charge in [-0.05, 0) is 37.0 Å². The Morgan fingerprint density at radius 3 is 2.55 bits per heavy atom. The van der Waals surface area contributed by atoms with Gasteiger partial charge in [0.1, 0.15) is 6.42 Å². The molecule has 0 fully saturated rings. The first kappa shape index (κ1) is 16.7. The molecular formula is C15H21BrN2O2. The van der Waals surface area contributed by atoms with E-state index in [4.69, 9.17) is 0 Å². The standard InChI is InChI=1S/C15H21BrN2O2/c1-10(2)6-7-17-14(19)9-15(20)18-12-5-4-11(3)13(16)8-12/h4-5,8,10H,6-7,9H2,1-3H3,(H,17,19)(H,18,20). The summed E-state index contributed by atoms with van der Waals surface area (Å²) in [5, 5.41) is 5.45. The van der Waals surface area contributed by atoms with E-state index in [1.165, 1.54) is 0 Å². The van der Waals surface area contributed by atoms with Crippen LogP contribution in [0.5, 0.6) is 0 Å². The normalized spacial score (nSPS) is 10.4. The Hall–Kier alpha value is -1.36. The summed E-state index contributed by atoms with van der Waals surface area (Å²) in [5.74, 6) is -0.00818. The molecule has 2 N–H and O–H groups in total. The lowest BCUT2D eigenvalue weighted by Crippen LogP contribution is -2.29. The molecule has 0 atom stereocenters. The first-order valence-electron chi connectivity index (χ1n) is 6.71. The van der Waals surface area contributed by atoms with Crippen molar-refractivity contribution >= 4 is 33.4 Å². The molecular weight excluding hydrogens is 320 g/mol. The fraction of sp³-hybridized carbons (Fsp3) is 0.467. The number of nitrogens with one attached hydrogen (secondary N) is 2. The summed E-state index contributed by atoms with van der Waals surface area (Å²) < 4.78 is 0.927. The predicted octanol–water partition coefficient (Wildman–Crippen LogP) is 3.25. The number of carbonyl (C=O) groups excluding carboxylic acids is 2. The monoisotopic (exact) mass is 340 g/mol. The van der Waals surface area contributed by atoms with Crippen molar-refractivity contribution in [3.63, 3.8) is 0 Å². The zero-order chi connectivity index (χ0) is 15.1. The average Bonchev–Trinajstić information content (AvgIpc) is 2.33. The molecule has 110 valence electrons. The first-order valence-corrected chi connectivity index (χ1v) is 7.50. The Kier molecular flexibility index (Phi) is 6.71. The summed E-state index contributed by atoms with van der Waals surface area (Å²) in [6, 6.07) is 5.54. The van der Waals surface area contributed by atoms with E-state index in [9.17, 15) is 9.59 Å². The van der Waals surface area contributed by atoms with Crippen molar-refractivity contribution in [2.24, 2.45) is 5.92 Å². The lowest BCUT2D eigenvalue weighted by Gasteiger charge is -2.08. The minimum Gasteiger partial charge on any atom is -0.356 e. The maximum Gasteiger partial charge on any atom is 0.233 e. The van der Waals surface area contributed by atoms with Crippen LogP contribution in [-0.4, -0.2) is 18.4 Å². The summed E-state index contributed by atoms with van der Waals surface area (Å²) >= 11 is 3.40. The maximum absolute atomic E-state index is 11.7. The Labute approximate surface area is 128 Å². The molecule has 0 radical (unpaired) electrons. The fourth-order valence-corrected chi connectivity index (χ4v) is 1.96. The van der Waals surface area contributed by atoms with Gasteiger partial charge in [-0.2, -0.15) is 0 Å². The number of carbonyl (C=O) groups is 2. The molecule has 0 aliphatic rings. The van der Waals surface area contributed by atoms with Crippen LogP contribution in [0.1, 0.15) is 32.3 Å². The van der Waals surface area contributed by atoms with Gasteiger partial charge in [-0.15, -0.1) is 0 Å². The largest absolute Gasteiger partial charge is 0.356 e. The molecule has 1 aromatic carbocycles. The van der Waals surface area contributed by atoms with E-state index >= 15 is 0 Å². The molecule has 4 nitrogen and oxygen atoms in total. The molecule has 1 rings (SSSR count). The van der Waals surface area contributed by atoms with Crippen molar-refractivity contribution < 1.29 is 9.59 Å². The van der Waals surface area contributed by atoms with E-state index in [1.807, 2.05) is 25.1 Å². The molecule has 0 aliphatic heterocycles. The number of benzene rings is 1. The molecule has 2 amide bonds. The fourth-order valence-electron chi connectivity index (χ4n) is 1.58. The van der Waals surface area contributed by atoms with Crippen molar-refractivity contribution in [1.29, 1.82) is 0 Å². The Morgan fingerprint density at radius 2 is 1.95 bits per heavy atom. The van der Waals surface area contributed by atoms with E-state index in [-0.39, 0.29) is 18.2 Å². The van der Waals surface area contributed by atoms with Crippen LogP contribution in [0, 0.1) is 12.8 Å². The molecule has 1 aromatic rings. The van der Waals surface area contributed by atoms with Crippen LogP contribution in [0.15, 0.2) is 22.7 Å². The van der Waals surface area contributed by atoms with E-state index in [0.29, 0.717) is 18.2 Å². The van der Waals surface area contributed by atoms with Gasteiger partial charge in [-0.3, -0.25) is 9.59 Å². The highest BCUT2D eigenvalue weighted by Gasteiger charge is 2.10. The Bertz CT molecular complexity index is 487. The Balaban J connectivity index is 2.39. The van der Waals surface area contributed by atoms with Gasteiger partial charge in [0.05, 0.1) is 0 Å². The summed E-state index contributed by atoms with van der Waals surface area (Å²) in [5.41, 5.74) is 1.77. The molecule has 0 bridgehead atoms. The molecule has 0 unspecified atom stereocenters. The summed E-state index contributed by atoms with van der Waals surface area (Å²) in [7, 11) is 0. The van der Waals surface area contributed by atoms with Crippen LogP contribution < -0.4 is 10.6 Å². The second-order valence-corrected chi connectivity index (χ2v) is 6.08. The quantitative estimate of drug-likeness (QED) is 0.781. The van der Waals surface area contributed by atoms with Gasteiger partial charge in [-0.25, -0.2) is 0 Å². The zero-order valence-corrected chi connectivity index (χ0v) is 13.7. The van der Waals surface area contributed by atoms with Crippen molar-refractivity contribution in [3.8, 4) is 0 Å². The molecule has 0 saturated heterocycles. The second-order valence-electron chi connectivity index (χ2n) is 5.22. The van der Waals surface area contributed by atoms with Crippen LogP contribution in [0.2, 0.25) is 0 Å². The molecule has 5 heteroatoms. The highest BCUT2D eigenvalue weighted by atomic mass is 79.9.